The van der Waals surface area contributed by atoms with Gasteiger partial charge < -0.3 is 14.4 Å². The minimum atomic E-state index is 0.803. The smallest absolute Gasteiger partial charge is 0.123 e. The number of benzene rings is 2. The third-order valence-electron chi connectivity index (χ3n) is 5.10. The summed E-state index contributed by atoms with van der Waals surface area (Å²) in [4.78, 5) is 9.59. The maximum Gasteiger partial charge on any atom is 0.123 e. The van der Waals surface area contributed by atoms with Crippen LogP contribution in [0.15, 0.2) is 53.9 Å². The molecule has 2 heterocycles. The zero-order valence-corrected chi connectivity index (χ0v) is 17.8. The van der Waals surface area contributed by atoms with E-state index in [1.807, 2.05) is 12.1 Å². The molecule has 0 N–H and O–H groups in total. The van der Waals surface area contributed by atoms with E-state index in [4.69, 9.17) is 14.5 Å². The molecule has 1 aliphatic heterocycles. The number of nitrogens with zero attached hydrogens (tertiary/aromatic N) is 3. The number of hydrogen-bond donors (Lipinski definition) is 0. The van der Waals surface area contributed by atoms with E-state index < -0.39 is 0 Å². The molecule has 0 amide bonds. The van der Waals surface area contributed by atoms with E-state index in [2.05, 4.69) is 58.6 Å². The van der Waals surface area contributed by atoms with Crippen molar-refractivity contribution in [2.24, 2.45) is 0 Å². The highest BCUT2D eigenvalue weighted by molar-refractivity contribution is 7.13. The Labute approximate surface area is 176 Å². The van der Waals surface area contributed by atoms with Crippen LogP contribution in [0, 0.1) is 0 Å². The van der Waals surface area contributed by atoms with Crippen molar-refractivity contribution in [1.82, 2.24) is 9.88 Å². The number of aromatic nitrogens is 1. The number of morpholine rings is 1. The fourth-order valence-electron chi connectivity index (χ4n) is 3.63. The molecule has 1 fully saturated rings. The number of methoxy groups -OCH3 is 1. The normalized spacial score (nSPS) is 14.4. The second kappa shape index (κ2) is 9.39. The number of thiazole rings is 1. The summed E-state index contributed by atoms with van der Waals surface area (Å²) in [5, 5.41) is 3.20. The standard InChI is InChI=1S/C23H27N3O2S/c1-25(15-19-5-3-4-6-22(19)26-11-13-28-14-12-26)16-20-17-29-23(24-20)18-7-9-21(27-2)10-8-18/h3-10,17H,11-16H2,1-2H3. The number of ether oxygens (including phenoxy) is 2. The average Bonchev–Trinajstić information content (AvgIpc) is 3.23. The highest BCUT2D eigenvalue weighted by Gasteiger charge is 2.16. The van der Waals surface area contributed by atoms with Crippen LogP contribution in [0.4, 0.5) is 5.69 Å². The van der Waals surface area contributed by atoms with Gasteiger partial charge in [-0.3, -0.25) is 4.90 Å². The molecule has 4 rings (SSSR count). The Morgan fingerprint density at radius 3 is 2.59 bits per heavy atom. The SMILES string of the molecule is COc1ccc(-c2nc(CN(C)Cc3ccccc3N3CCOCC3)cs2)cc1. The molecule has 152 valence electrons. The van der Waals surface area contributed by atoms with Crippen molar-refractivity contribution >= 4 is 17.0 Å². The first kappa shape index (κ1) is 19.9. The second-order valence-electron chi connectivity index (χ2n) is 7.27. The topological polar surface area (TPSA) is 37.8 Å². The maximum absolute atomic E-state index is 5.51. The first-order valence-corrected chi connectivity index (χ1v) is 10.8. The molecular weight excluding hydrogens is 382 g/mol. The summed E-state index contributed by atoms with van der Waals surface area (Å²) in [7, 11) is 3.84. The van der Waals surface area contributed by atoms with Gasteiger partial charge in [-0.25, -0.2) is 4.98 Å². The van der Waals surface area contributed by atoms with Crippen molar-refractivity contribution in [1.29, 1.82) is 0 Å². The largest absolute Gasteiger partial charge is 0.497 e. The minimum Gasteiger partial charge on any atom is -0.497 e. The summed E-state index contributed by atoms with van der Waals surface area (Å²) in [6.07, 6.45) is 0. The Bertz CT molecular complexity index is 920. The van der Waals surface area contributed by atoms with Crippen molar-refractivity contribution in [2.75, 3.05) is 45.4 Å². The van der Waals surface area contributed by atoms with Crippen LogP contribution in [0.25, 0.3) is 10.6 Å². The molecule has 0 unspecified atom stereocenters. The summed E-state index contributed by atoms with van der Waals surface area (Å²) in [6, 6.07) is 16.8. The van der Waals surface area contributed by atoms with Gasteiger partial charge in [0.05, 0.1) is 26.0 Å². The molecule has 29 heavy (non-hydrogen) atoms. The lowest BCUT2D eigenvalue weighted by Crippen LogP contribution is -2.37. The number of hydrogen-bond acceptors (Lipinski definition) is 6. The number of anilines is 1. The third kappa shape index (κ3) is 4.96. The van der Waals surface area contributed by atoms with Crippen LogP contribution in [0.2, 0.25) is 0 Å². The van der Waals surface area contributed by atoms with Gasteiger partial charge in [-0.05, 0) is 42.9 Å². The lowest BCUT2D eigenvalue weighted by Gasteiger charge is -2.31. The van der Waals surface area contributed by atoms with Gasteiger partial charge in [0.2, 0.25) is 0 Å². The lowest BCUT2D eigenvalue weighted by molar-refractivity contribution is 0.122. The summed E-state index contributed by atoms with van der Waals surface area (Å²) in [6.45, 7) is 5.23. The maximum atomic E-state index is 5.51. The van der Waals surface area contributed by atoms with E-state index in [1.54, 1.807) is 18.4 Å². The van der Waals surface area contributed by atoms with Gasteiger partial charge in [0.25, 0.3) is 0 Å². The Kier molecular flexibility index (Phi) is 6.44. The highest BCUT2D eigenvalue weighted by atomic mass is 32.1. The lowest BCUT2D eigenvalue weighted by atomic mass is 10.1. The quantitative estimate of drug-likeness (QED) is 0.582. The van der Waals surface area contributed by atoms with Gasteiger partial charge in [0, 0.05) is 42.8 Å². The first-order chi connectivity index (χ1) is 14.2. The van der Waals surface area contributed by atoms with Gasteiger partial charge in [0.1, 0.15) is 10.8 Å². The summed E-state index contributed by atoms with van der Waals surface area (Å²) in [5.41, 5.74) is 4.90. The molecule has 0 atom stereocenters. The highest BCUT2D eigenvalue weighted by Crippen LogP contribution is 2.27. The Morgan fingerprint density at radius 1 is 1.07 bits per heavy atom. The number of para-hydroxylation sites is 1. The van der Waals surface area contributed by atoms with Crippen molar-refractivity contribution in [3.8, 4) is 16.3 Å². The molecule has 0 aliphatic carbocycles. The van der Waals surface area contributed by atoms with Gasteiger partial charge in [0.15, 0.2) is 0 Å². The summed E-state index contributed by atoms with van der Waals surface area (Å²) in [5.74, 6) is 0.865. The van der Waals surface area contributed by atoms with E-state index in [9.17, 15) is 0 Å². The van der Waals surface area contributed by atoms with Crippen LogP contribution in [0.1, 0.15) is 11.3 Å². The van der Waals surface area contributed by atoms with Crippen LogP contribution < -0.4 is 9.64 Å². The first-order valence-electron chi connectivity index (χ1n) is 9.91. The fourth-order valence-corrected chi connectivity index (χ4v) is 4.44. The zero-order chi connectivity index (χ0) is 20.1. The van der Waals surface area contributed by atoms with Crippen LogP contribution in [0.3, 0.4) is 0 Å². The molecule has 0 spiro atoms. The van der Waals surface area contributed by atoms with Gasteiger partial charge in [-0.15, -0.1) is 11.3 Å². The second-order valence-corrected chi connectivity index (χ2v) is 8.13. The molecule has 0 bridgehead atoms. The molecule has 1 saturated heterocycles. The van der Waals surface area contributed by atoms with E-state index in [-0.39, 0.29) is 0 Å². The fraction of sp³-hybridized carbons (Fsp3) is 0.348. The van der Waals surface area contributed by atoms with E-state index in [0.717, 1.165) is 61.4 Å². The summed E-state index contributed by atoms with van der Waals surface area (Å²) < 4.78 is 10.7. The molecule has 1 aliphatic rings. The molecule has 0 radical (unpaired) electrons. The molecule has 2 aromatic carbocycles. The van der Waals surface area contributed by atoms with Crippen LogP contribution >= 0.6 is 11.3 Å². The van der Waals surface area contributed by atoms with Crippen molar-refractivity contribution in [3.63, 3.8) is 0 Å². The van der Waals surface area contributed by atoms with Crippen molar-refractivity contribution in [3.05, 3.63) is 65.2 Å². The third-order valence-corrected chi connectivity index (χ3v) is 6.04. The van der Waals surface area contributed by atoms with Crippen LogP contribution in [-0.4, -0.2) is 50.3 Å². The molecule has 3 aromatic rings. The van der Waals surface area contributed by atoms with Gasteiger partial charge in [-0.1, -0.05) is 18.2 Å². The molecular formula is C23H27N3O2S. The molecule has 0 saturated carbocycles. The van der Waals surface area contributed by atoms with Crippen molar-refractivity contribution in [2.45, 2.75) is 13.1 Å². The number of rotatable bonds is 7. The minimum absolute atomic E-state index is 0.803. The predicted molar refractivity (Wildman–Crippen MR) is 119 cm³/mol. The summed E-state index contributed by atoms with van der Waals surface area (Å²) >= 11 is 1.69. The average molecular weight is 410 g/mol. The predicted octanol–water partition coefficient (Wildman–Crippen LogP) is 4.29. The monoisotopic (exact) mass is 409 g/mol. The molecule has 5 nitrogen and oxygen atoms in total. The van der Waals surface area contributed by atoms with Crippen LogP contribution in [0.5, 0.6) is 5.75 Å². The van der Waals surface area contributed by atoms with Crippen LogP contribution in [-0.2, 0) is 17.8 Å². The van der Waals surface area contributed by atoms with E-state index >= 15 is 0 Å². The molecule has 1 aromatic heterocycles. The Hall–Kier alpha value is -2.41. The van der Waals surface area contributed by atoms with Gasteiger partial charge in [-0.2, -0.15) is 0 Å². The Balaban J connectivity index is 1.41. The van der Waals surface area contributed by atoms with Crippen molar-refractivity contribution < 1.29 is 9.47 Å². The Morgan fingerprint density at radius 2 is 1.83 bits per heavy atom. The zero-order valence-electron chi connectivity index (χ0n) is 17.0. The van der Waals surface area contributed by atoms with E-state index in [1.165, 1.54) is 11.3 Å². The van der Waals surface area contributed by atoms with Gasteiger partial charge >= 0.3 is 0 Å². The molecule has 6 heteroatoms. The van der Waals surface area contributed by atoms with E-state index in [0.29, 0.717) is 0 Å².